The van der Waals surface area contributed by atoms with E-state index in [0.717, 1.165) is 5.56 Å². The molecule has 0 radical (unpaired) electrons. The van der Waals surface area contributed by atoms with E-state index >= 15 is 0 Å². The van der Waals surface area contributed by atoms with Crippen molar-refractivity contribution in [1.82, 2.24) is 4.98 Å². The molecule has 0 saturated heterocycles. The summed E-state index contributed by atoms with van der Waals surface area (Å²) in [6.07, 6.45) is 2.84. The van der Waals surface area contributed by atoms with Gasteiger partial charge in [0.1, 0.15) is 4.90 Å². The zero-order valence-electron chi connectivity index (χ0n) is 9.48. The maximum atomic E-state index is 11.4. The molecule has 0 unspecified atom stereocenters. The van der Waals surface area contributed by atoms with E-state index in [0.29, 0.717) is 10.6 Å². The highest BCUT2D eigenvalue weighted by molar-refractivity contribution is 7.99. The van der Waals surface area contributed by atoms with E-state index in [1.807, 2.05) is 30.3 Å². The van der Waals surface area contributed by atoms with Gasteiger partial charge in [0.2, 0.25) is 10.0 Å². The highest BCUT2D eigenvalue weighted by Crippen LogP contribution is 2.27. The zero-order chi connectivity index (χ0) is 13.0. The van der Waals surface area contributed by atoms with Crippen LogP contribution in [0.25, 0.3) is 0 Å². The number of pyridine rings is 1. The first-order valence-electron chi connectivity index (χ1n) is 5.21. The van der Waals surface area contributed by atoms with Gasteiger partial charge in [-0.2, -0.15) is 0 Å². The lowest BCUT2D eigenvalue weighted by Crippen LogP contribution is -2.13. The lowest BCUT2D eigenvalue weighted by molar-refractivity contribution is 0.595. The van der Waals surface area contributed by atoms with Crippen LogP contribution < -0.4 is 5.14 Å². The molecule has 2 rings (SSSR count). The number of rotatable bonds is 4. The third kappa shape index (κ3) is 3.32. The van der Waals surface area contributed by atoms with Crippen molar-refractivity contribution in [2.75, 3.05) is 0 Å². The summed E-state index contributed by atoms with van der Waals surface area (Å²) in [7, 11) is -3.72. The molecule has 0 aliphatic rings. The van der Waals surface area contributed by atoms with E-state index in [4.69, 9.17) is 5.14 Å². The monoisotopic (exact) mass is 280 g/mol. The lowest BCUT2D eigenvalue weighted by atomic mass is 10.2. The zero-order valence-corrected chi connectivity index (χ0v) is 11.1. The lowest BCUT2D eigenvalue weighted by Gasteiger charge is -2.06. The van der Waals surface area contributed by atoms with Crippen molar-refractivity contribution in [2.24, 2.45) is 5.14 Å². The summed E-state index contributed by atoms with van der Waals surface area (Å²) in [6.45, 7) is 0. The summed E-state index contributed by atoms with van der Waals surface area (Å²) in [4.78, 5) is 4.49. The molecular formula is C12H12N2O2S2. The molecule has 0 aliphatic carbocycles. The van der Waals surface area contributed by atoms with Gasteiger partial charge >= 0.3 is 0 Å². The first-order valence-corrected chi connectivity index (χ1v) is 7.74. The fraction of sp³-hybridized carbons (Fsp3) is 0.0833. The maximum absolute atomic E-state index is 11.4. The minimum Gasteiger partial charge on any atom is -0.263 e. The molecule has 6 heteroatoms. The van der Waals surface area contributed by atoms with Gasteiger partial charge in [0.15, 0.2) is 0 Å². The Kier molecular flexibility index (Phi) is 4.00. The summed E-state index contributed by atoms with van der Waals surface area (Å²) in [6, 6.07) is 11.5. The molecule has 1 aromatic carbocycles. The maximum Gasteiger partial charge on any atom is 0.240 e. The molecule has 0 aliphatic heterocycles. The van der Waals surface area contributed by atoms with Gasteiger partial charge in [-0.3, -0.25) is 4.98 Å². The van der Waals surface area contributed by atoms with Crippen molar-refractivity contribution >= 4 is 21.8 Å². The second-order valence-electron chi connectivity index (χ2n) is 3.64. The number of primary sulfonamides is 1. The molecule has 0 amide bonds. The summed E-state index contributed by atoms with van der Waals surface area (Å²) in [5.41, 5.74) is 1.12. The summed E-state index contributed by atoms with van der Waals surface area (Å²) in [5.74, 6) is 0.688. The molecule has 0 fully saturated rings. The highest BCUT2D eigenvalue weighted by atomic mass is 32.2. The van der Waals surface area contributed by atoms with Crippen LogP contribution >= 0.6 is 11.8 Å². The molecule has 2 N–H and O–H groups in total. The van der Waals surface area contributed by atoms with Crippen LogP contribution in [0.3, 0.4) is 0 Å². The molecule has 0 bridgehead atoms. The minimum absolute atomic E-state index is 0.0749. The smallest absolute Gasteiger partial charge is 0.240 e. The Hall–Kier alpha value is -1.37. The van der Waals surface area contributed by atoms with Crippen molar-refractivity contribution in [3.05, 3.63) is 54.4 Å². The Morgan fingerprint density at radius 1 is 1.17 bits per heavy atom. The van der Waals surface area contributed by atoms with E-state index in [9.17, 15) is 8.42 Å². The average Bonchev–Trinajstić information content (AvgIpc) is 2.37. The second kappa shape index (κ2) is 5.51. The van der Waals surface area contributed by atoms with E-state index in [1.165, 1.54) is 18.0 Å². The van der Waals surface area contributed by atoms with E-state index in [2.05, 4.69) is 4.98 Å². The molecule has 18 heavy (non-hydrogen) atoms. The number of hydrogen-bond acceptors (Lipinski definition) is 4. The standard InChI is InChI=1S/C12H12N2O2S2/c13-18(15,16)12-8-14-7-6-11(12)17-9-10-4-2-1-3-5-10/h1-8H,9H2,(H2,13,15,16). The Morgan fingerprint density at radius 3 is 2.56 bits per heavy atom. The average molecular weight is 280 g/mol. The first kappa shape index (κ1) is 13.1. The van der Waals surface area contributed by atoms with Crippen molar-refractivity contribution in [3.8, 4) is 0 Å². The van der Waals surface area contributed by atoms with E-state index in [1.54, 1.807) is 12.3 Å². The molecule has 2 aromatic rings. The number of nitrogens with two attached hydrogens (primary N) is 1. The van der Waals surface area contributed by atoms with Crippen molar-refractivity contribution in [1.29, 1.82) is 0 Å². The number of aromatic nitrogens is 1. The molecule has 1 aromatic heterocycles. The predicted molar refractivity (Wildman–Crippen MR) is 71.6 cm³/mol. The molecule has 4 nitrogen and oxygen atoms in total. The van der Waals surface area contributed by atoms with Gasteiger partial charge in [0, 0.05) is 23.0 Å². The van der Waals surface area contributed by atoms with Crippen LogP contribution in [0.1, 0.15) is 5.56 Å². The molecule has 94 valence electrons. The number of thioether (sulfide) groups is 1. The van der Waals surface area contributed by atoms with Crippen molar-refractivity contribution in [3.63, 3.8) is 0 Å². The van der Waals surface area contributed by atoms with Gasteiger partial charge in [0.25, 0.3) is 0 Å². The quantitative estimate of drug-likeness (QED) is 0.870. The van der Waals surface area contributed by atoms with Gasteiger partial charge in [-0.15, -0.1) is 11.8 Å². The predicted octanol–water partition coefficient (Wildman–Crippen LogP) is 2.02. The topological polar surface area (TPSA) is 73.1 Å². The Morgan fingerprint density at radius 2 is 1.89 bits per heavy atom. The molecule has 1 heterocycles. The fourth-order valence-corrected chi connectivity index (χ4v) is 3.38. The SMILES string of the molecule is NS(=O)(=O)c1cnccc1SCc1ccccc1. The van der Waals surface area contributed by atoms with Crippen LogP contribution in [0.4, 0.5) is 0 Å². The van der Waals surface area contributed by atoms with Crippen LogP contribution in [-0.4, -0.2) is 13.4 Å². The summed E-state index contributed by atoms with van der Waals surface area (Å²) < 4.78 is 22.8. The molecular weight excluding hydrogens is 268 g/mol. The van der Waals surface area contributed by atoms with Crippen molar-refractivity contribution in [2.45, 2.75) is 15.5 Å². The Labute approximate surface area is 110 Å². The highest BCUT2D eigenvalue weighted by Gasteiger charge is 2.14. The number of sulfonamides is 1. The number of benzene rings is 1. The van der Waals surface area contributed by atoms with Gasteiger partial charge in [-0.1, -0.05) is 30.3 Å². The summed E-state index contributed by atoms with van der Waals surface area (Å²) >= 11 is 1.43. The summed E-state index contributed by atoms with van der Waals surface area (Å²) in [5, 5.41) is 5.15. The number of nitrogens with zero attached hydrogens (tertiary/aromatic N) is 1. The van der Waals surface area contributed by atoms with Gasteiger partial charge in [-0.05, 0) is 11.6 Å². The van der Waals surface area contributed by atoms with Gasteiger partial charge in [-0.25, -0.2) is 13.6 Å². The van der Waals surface area contributed by atoms with Crippen LogP contribution in [0, 0.1) is 0 Å². The first-order chi connectivity index (χ1) is 8.57. The minimum atomic E-state index is -3.72. The normalized spacial score (nSPS) is 11.4. The Balaban J connectivity index is 2.20. The van der Waals surface area contributed by atoms with E-state index < -0.39 is 10.0 Å². The van der Waals surface area contributed by atoms with Gasteiger partial charge in [0.05, 0.1) is 0 Å². The van der Waals surface area contributed by atoms with Crippen LogP contribution in [0.5, 0.6) is 0 Å². The van der Waals surface area contributed by atoms with Crippen LogP contribution in [0.15, 0.2) is 58.6 Å². The van der Waals surface area contributed by atoms with E-state index in [-0.39, 0.29) is 4.90 Å². The number of hydrogen-bond donors (Lipinski definition) is 1. The molecule has 0 saturated carbocycles. The third-order valence-corrected chi connectivity index (χ3v) is 4.50. The van der Waals surface area contributed by atoms with Crippen LogP contribution in [-0.2, 0) is 15.8 Å². The fourth-order valence-electron chi connectivity index (χ4n) is 1.44. The van der Waals surface area contributed by atoms with Crippen LogP contribution in [0.2, 0.25) is 0 Å². The molecule has 0 atom stereocenters. The van der Waals surface area contributed by atoms with Gasteiger partial charge < -0.3 is 0 Å². The molecule has 0 spiro atoms. The Bertz CT molecular complexity index is 628. The van der Waals surface area contributed by atoms with Crippen molar-refractivity contribution < 1.29 is 8.42 Å². The third-order valence-electron chi connectivity index (χ3n) is 2.29. The second-order valence-corrected chi connectivity index (χ2v) is 6.19. The largest absolute Gasteiger partial charge is 0.263 e.